The molecular formula is C16H11ClF3NO3. The van der Waals surface area contributed by atoms with Crippen molar-refractivity contribution in [3.8, 4) is 5.75 Å². The molecule has 0 aliphatic rings. The maximum atomic E-state index is 12.8. The number of nitrogens with one attached hydrogen (secondary N) is 1. The molecule has 4 nitrogen and oxygen atoms in total. The summed E-state index contributed by atoms with van der Waals surface area (Å²) in [6.07, 6.45) is -4.65. The van der Waals surface area contributed by atoms with Gasteiger partial charge in [0.1, 0.15) is 5.75 Å². The van der Waals surface area contributed by atoms with Crippen LogP contribution in [0.2, 0.25) is 5.02 Å². The summed E-state index contributed by atoms with van der Waals surface area (Å²) >= 11 is 5.53. The van der Waals surface area contributed by atoms with E-state index in [0.717, 1.165) is 12.1 Å². The fourth-order valence-corrected chi connectivity index (χ4v) is 2.14. The van der Waals surface area contributed by atoms with Gasteiger partial charge < -0.3 is 10.1 Å². The van der Waals surface area contributed by atoms with Crippen molar-refractivity contribution < 1.29 is 27.5 Å². The van der Waals surface area contributed by atoms with Gasteiger partial charge in [-0.15, -0.1) is 0 Å². The first-order chi connectivity index (χ1) is 11.2. The molecule has 24 heavy (non-hydrogen) atoms. The molecule has 1 N–H and O–H groups in total. The smallest absolute Gasteiger partial charge is 0.417 e. The van der Waals surface area contributed by atoms with Crippen molar-refractivity contribution in [3.63, 3.8) is 0 Å². The molecule has 0 fully saturated rings. The van der Waals surface area contributed by atoms with E-state index >= 15 is 0 Å². The monoisotopic (exact) mass is 357 g/mol. The molecule has 1 amide bonds. The van der Waals surface area contributed by atoms with Crippen molar-refractivity contribution in [1.82, 2.24) is 0 Å². The van der Waals surface area contributed by atoms with Gasteiger partial charge in [0.05, 0.1) is 16.1 Å². The van der Waals surface area contributed by atoms with Crippen LogP contribution in [-0.2, 0) is 11.0 Å². The number of hydrogen-bond donors (Lipinski definition) is 1. The molecule has 0 heterocycles. The van der Waals surface area contributed by atoms with Crippen LogP contribution in [0.25, 0.3) is 0 Å². The van der Waals surface area contributed by atoms with Crippen LogP contribution in [0.15, 0.2) is 42.5 Å². The van der Waals surface area contributed by atoms with Gasteiger partial charge in [-0.05, 0) is 30.3 Å². The second kappa shape index (κ2) is 6.92. The zero-order chi connectivity index (χ0) is 17.9. The highest BCUT2D eigenvalue weighted by Gasteiger charge is 2.33. The van der Waals surface area contributed by atoms with Gasteiger partial charge in [0.15, 0.2) is 0 Å². The Morgan fingerprint density at radius 3 is 2.42 bits per heavy atom. The van der Waals surface area contributed by atoms with Crippen molar-refractivity contribution >= 4 is 29.2 Å². The number of halogens is 4. The Balaban J connectivity index is 2.30. The maximum Gasteiger partial charge on any atom is 0.417 e. The molecule has 0 aromatic heterocycles. The van der Waals surface area contributed by atoms with E-state index in [1.54, 1.807) is 6.07 Å². The van der Waals surface area contributed by atoms with E-state index in [1.807, 2.05) is 0 Å². The number of rotatable bonds is 3. The van der Waals surface area contributed by atoms with Crippen LogP contribution in [-0.4, -0.2) is 11.9 Å². The highest BCUT2D eigenvalue weighted by atomic mass is 35.5. The number of hydrogen-bond acceptors (Lipinski definition) is 3. The van der Waals surface area contributed by atoms with E-state index in [-0.39, 0.29) is 17.0 Å². The number of anilines is 1. The Morgan fingerprint density at radius 2 is 1.79 bits per heavy atom. The highest BCUT2D eigenvalue weighted by molar-refractivity contribution is 6.31. The topological polar surface area (TPSA) is 55.4 Å². The molecule has 2 aromatic carbocycles. The van der Waals surface area contributed by atoms with Crippen LogP contribution < -0.4 is 10.1 Å². The standard InChI is InChI=1S/C16H11ClF3NO3/c1-9(22)24-14-5-3-2-4-11(14)15(23)21-10-6-7-13(17)12(8-10)16(18,19)20/h2-8H,1H3,(H,21,23). The Hall–Kier alpha value is -2.54. The zero-order valence-corrected chi connectivity index (χ0v) is 13.0. The van der Waals surface area contributed by atoms with Gasteiger partial charge in [0.25, 0.3) is 5.91 Å². The fourth-order valence-electron chi connectivity index (χ4n) is 1.92. The van der Waals surface area contributed by atoms with Crippen LogP contribution in [0.1, 0.15) is 22.8 Å². The summed E-state index contributed by atoms with van der Waals surface area (Å²) in [5.74, 6) is -1.34. The average Bonchev–Trinajstić information content (AvgIpc) is 2.48. The van der Waals surface area contributed by atoms with Gasteiger partial charge in [-0.2, -0.15) is 13.2 Å². The summed E-state index contributed by atoms with van der Waals surface area (Å²) in [5, 5.41) is 1.85. The third-order valence-corrected chi connectivity index (χ3v) is 3.24. The maximum absolute atomic E-state index is 12.8. The van der Waals surface area contributed by atoms with E-state index < -0.39 is 28.6 Å². The largest absolute Gasteiger partial charge is 0.426 e. The van der Waals surface area contributed by atoms with Crippen LogP contribution in [0.4, 0.5) is 18.9 Å². The lowest BCUT2D eigenvalue weighted by Crippen LogP contribution is -2.15. The van der Waals surface area contributed by atoms with Gasteiger partial charge in [0.2, 0.25) is 0 Å². The first kappa shape index (κ1) is 17.8. The minimum atomic E-state index is -4.65. The van der Waals surface area contributed by atoms with E-state index in [4.69, 9.17) is 16.3 Å². The van der Waals surface area contributed by atoms with E-state index in [0.29, 0.717) is 0 Å². The lowest BCUT2D eigenvalue weighted by Gasteiger charge is -2.13. The molecule has 0 saturated heterocycles. The number of ether oxygens (including phenoxy) is 1. The molecule has 0 aliphatic heterocycles. The summed E-state index contributed by atoms with van der Waals surface area (Å²) in [6, 6.07) is 8.88. The van der Waals surface area contributed by atoms with Gasteiger partial charge in [-0.1, -0.05) is 23.7 Å². The predicted molar refractivity (Wildman–Crippen MR) is 82.2 cm³/mol. The molecule has 2 aromatic rings. The number of benzene rings is 2. The van der Waals surface area contributed by atoms with E-state index in [2.05, 4.69) is 5.32 Å². The van der Waals surface area contributed by atoms with Gasteiger partial charge in [0, 0.05) is 12.6 Å². The first-order valence-electron chi connectivity index (χ1n) is 6.64. The van der Waals surface area contributed by atoms with E-state index in [9.17, 15) is 22.8 Å². The molecule has 2 rings (SSSR count). The third-order valence-electron chi connectivity index (χ3n) is 2.92. The minimum Gasteiger partial charge on any atom is -0.426 e. The quantitative estimate of drug-likeness (QED) is 0.648. The molecule has 0 radical (unpaired) electrons. The van der Waals surface area contributed by atoms with Crippen molar-refractivity contribution in [3.05, 3.63) is 58.6 Å². The Kier molecular flexibility index (Phi) is 5.14. The summed E-state index contributed by atoms with van der Waals surface area (Å²) in [4.78, 5) is 23.3. The molecule has 8 heteroatoms. The number of amides is 1. The van der Waals surface area contributed by atoms with Crippen molar-refractivity contribution in [2.45, 2.75) is 13.1 Å². The summed E-state index contributed by atoms with van der Waals surface area (Å²) in [5.41, 5.74) is -1.14. The van der Waals surface area contributed by atoms with Gasteiger partial charge >= 0.3 is 12.1 Å². The summed E-state index contributed by atoms with van der Waals surface area (Å²) in [6.45, 7) is 1.17. The number of alkyl halides is 3. The van der Waals surface area contributed by atoms with Gasteiger partial charge in [-0.3, -0.25) is 9.59 Å². The SMILES string of the molecule is CC(=O)Oc1ccccc1C(=O)Nc1ccc(Cl)c(C(F)(F)F)c1. The molecule has 0 aliphatic carbocycles. The lowest BCUT2D eigenvalue weighted by molar-refractivity contribution is -0.137. The zero-order valence-electron chi connectivity index (χ0n) is 12.3. The number of para-hydroxylation sites is 1. The molecular weight excluding hydrogens is 347 g/mol. The predicted octanol–water partition coefficient (Wildman–Crippen LogP) is 4.54. The molecule has 0 bridgehead atoms. The average molecular weight is 358 g/mol. The van der Waals surface area contributed by atoms with Crippen LogP contribution in [0, 0.1) is 0 Å². The minimum absolute atomic E-state index is 0.00695. The van der Waals surface area contributed by atoms with Crippen LogP contribution >= 0.6 is 11.6 Å². The third kappa shape index (κ3) is 4.26. The summed E-state index contributed by atoms with van der Waals surface area (Å²) < 4.78 is 43.4. The van der Waals surface area contributed by atoms with E-state index in [1.165, 1.54) is 31.2 Å². The fraction of sp³-hybridized carbons (Fsp3) is 0.125. The highest BCUT2D eigenvalue weighted by Crippen LogP contribution is 2.36. The molecule has 0 unspecified atom stereocenters. The molecule has 0 saturated carbocycles. The molecule has 126 valence electrons. The Labute approximate surface area is 140 Å². The number of carbonyl (C=O) groups excluding carboxylic acids is 2. The Morgan fingerprint density at radius 1 is 1.12 bits per heavy atom. The second-order valence-electron chi connectivity index (χ2n) is 4.74. The van der Waals surface area contributed by atoms with Crippen LogP contribution in [0.3, 0.4) is 0 Å². The number of esters is 1. The molecule has 0 atom stereocenters. The second-order valence-corrected chi connectivity index (χ2v) is 5.14. The van der Waals surface area contributed by atoms with Gasteiger partial charge in [-0.25, -0.2) is 0 Å². The Bertz CT molecular complexity index is 790. The van der Waals surface area contributed by atoms with Crippen molar-refractivity contribution in [2.75, 3.05) is 5.32 Å². The normalized spacial score (nSPS) is 11.0. The van der Waals surface area contributed by atoms with Crippen molar-refractivity contribution in [2.24, 2.45) is 0 Å². The lowest BCUT2D eigenvalue weighted by atomic mass is 10.1. The summed E-state index contributed by atoms with van der Waals surface area (Å²) in [7, 11) is 0. The van der Waals surface area contributed by atoms with Crippen molar-refractivity contribution in [1.29, 1.82) is 0 Å². The molecule has 0 spiro atoms. The van der Waals surface area contributed by atoms with Crippen LogP contribution in [0.5, 0.6) is 5.75 Å². The first-order valence-corrected chi connectivity index (χ1v) is 7.02. The number of carbonyl (C=O) groups is 2.